The number of nitrogens with two attached hydrogens (primary N) is 1. The zero-order valence-electron chi connectivity index (χ0n) is 7.63. The molecule has 2 N–H and O–H groups in total. The molecule has 1 heterocycles. The maximum atomic E-state index is 12.3. The number of aromatic nitrogens is 1. The van der Waals surface area contributed by atoms with E-state index in [1.165, 1.54) is 7.11 Å². The molecule has 1 amide bonds. The Kier molecular flexibility index (Phi) is 3.57. The first-order chi connectivity index (χ1) is 6.97. The zero-order valence-corrected chi connectivity index (χ0v) is 9.22. The fourth-order valence-corrected chi connectivity index (χ4v) is 1.59. The predicted octanol–water partition coefficient (Wildman–Crippen LogP) is 1.89. The smallest absolute Gasteiger partial charge is 0.280 e. The highest BCUT2D eigenvalue weighted by Crippen LogP contribution is 2.30. The summed E-state index contributed by atoms with van der Waals surface area (Å²) in [4.78, 5) is 14.5. The van der Waals surface area contributed by atoms with Crippen LogP contribution in [0.5, 0.6) is 5.75 Å². The van der Waals surface area contributed by atoms with Gasteiger partial charge in [-0.05, 0) is 22.0 Å². The van der Waals surface area contributed by atoms with E-state index in [0.717, 1.165) is 6.07 Å². The third-order valence-corrected chi connectivity index (χ3v) is 2.18. The Bertz CT molecular complexity index is 398. The number of pyridine rings is 1. The Morgan fingerprint density at radius 1 is 1.67 bits per heavy atom. The van der Waals surface area contributed by atoms with Gasteiger partial charge in [0.1, 0.15) is 10.3 Å². The fourth-order valence-electron chi connectivity index (χ4n) is 1.01. The van der Waals surface area contributed by atoms with Crippen LogP contribution in [-0.4, -0.2) is 18.0 Å². The number of rotatable bonds is 3. The third kappa shape index (κ3) is 2.41. The molecule has 0 aliphatic carbocycles. The van der Waals surface area contributed by atoms with Crippen molar-refractivity contribution in [3.05, 3.63) is 21.9 Å². The van der Waals surface area contributed by atoms with Crippen LogP contribution in [0.3, 0.4) is 0 Å². The summed E-state index contributed by atoms with van der Waals surface area (Å²) in [7, 11) is 1.29. The van der Waals surface area contributed by atoms with E-state index in [4.69, 9.17) is 10.5 Å². The largest absolute Gasteiger partial charge is 0.493 e. The molecule has 0 aromatic carbocycles. The second-order valence-electron chi connectivity index (χ2n) is 2.58. The molecule has 4 nitrogen and oxygen atoms in total. The molecule has 0 saturated heterocycles. The van der Waals surface area contributed by atoms with Crippen LogP contribution in [0.25, 0.3) is 0 Å². The van der Waals surface area contributed by atoms with Crippen molar-refractivity contribution >= 4 is 21.8 Å². The molecule has 7 heteroatoms. The maximum Gasteiger partial charge on any atom is 0.280 e. The van der Waals surface area contributed by atoms with Gasteiger partial charge in [-0.15, -0.1) is 0 Å². The summed E-state index contributed by atoms with van der Waals surface area (Å²) >= 11 is 2.92. The van der Waals surface area contributed by atoms with Crippen molar-refractivity contribution in [2.24, 2.45) is 5.73 Å². The Balaban J connectivity index is 3.38. The molecule has 0 radical (unpaired) electrons. The van der Waals surface area contributed by atoms with Crippen LogP contribution in [0.15, 0.2) is 10.7 Å². The maximum absolute atomic E-state index is 12.3. The van der Waals surface area contributed by atoms with E-state index >= 15 is 0 Å². The van der Waals surface area contributed by atoms with Crippen LogP contribution in [0.2, 0.25) is 0 Å². The van der Waals surface area contributed by atoms with Crippen LogP contribution in [0, 0.1) is 0 Å². The first kappa shape index (κ1) is 11.8. The second kappa shape index (κ2) is 4.52. The molecule has 82 valence electrons. The normalized spacial score (nSPS) is 10.5. The number of carbonyl (C=O) groups is 1. The van der Waals surface area contributed by atoms with Crippen molar-refractivity contribution in [2.75, 3.05) is 7.11 Å². The minimum Gasteiger partial charge on any atom is -0.493 e. The lowest BCUT2D eigenvalue weighted by molar-refractivity contribution is 0.0996. The van der Waals surface area contributed by atoms with Crippen molar-refractivity contribution in [1.82, 2.24) is 4.98 Å². The molecule has 0 spiro atoms. The summed E-state index contributed by atoms with van der Waals surface area (Å²) in [6.07, 6.45) is -2.77. The van der Waals surface area contributed by atoms with Gasteiger partial charge in [-0.3, -0.25) is 4.79 Å². The zero-order chi connectivity index (χ0) is 11.6. The van der Waals surface area contributed by atoms with Crippen LogP contribution >= 0.6 is 15.9 Å². The van der Waals surface area contributed by atoms with Gasteiger partial charge >= 0.3 is 0 Å². The lowest BCUT2D eigenvalue weighted by Crippen LogP contribution is -2.14. The predicted molar refractivity (Wildman–Crippen MR) is 52.0 cm³/mol. The first-order valence-electron chi connectivity index (χ1n) is 3.79. The number of hydrogen-bond acceptors (Lipinski definition) is 3. The van der Waals surface area contributed by atoms with E-state index < -0.39 is 18.0 Å². The molecule has 0 aliphatic rings. The van der Waals surface area contributed by atoms with Crippen LogP contribution in [-0.2, 0) is 0 Å². The van der Waals surface area contributed by atoms with Crippen LogP contribution in [0.4, 0.5) is 8.78 Å². The van der Waals surface area contributed by atoms with Gasteiger partial charge < -0.3 is 10.5 Å². The molecular weight excluding hydrogens is 274 g/mol. The van der Waals surface area contributed by atoms with Gasteiger partial charge in [0.25, 0.3) is 12.3 Å². The highest BCUT2D eigenvalue weighted by atomic mass is 79.9. The highest BCUT2D eigenvalue weighted by molar-refractivity contribution is 9.10. The monoisotopic (exact) mass is 280 g/mol. The lowest BCUT2D eigenvalue weighted by Gasteiger charge is -2.09. The average Bonchev–Trinajstić information content (AvgIpc) is 2.16. The van der Waals surface area contributed by atoms with E-state index in [-0.39, 0.29) is 15.9 Å². The number of nitrogens with zero attached hydrogens (tertiary/aromatic N) is 1. The topological polar surface area (TPSA) is 65.2 Å². The van der Waals surface area contributed by atoms with E-state index in [1.54, 1.807) is 0 Å². The van der Waals surface area contributed by atoms with Gasteiger partial charge in [-0.2, -0.15) is 0 Å². The summed E-state index contributed by atoms with van der Waals surface area (Å²) < 4.78 is 29.5. The number of alkyl halides is 2. The van der Waals surface area contributed by atoms with Crippen molar-refractivity contribution in [1.29, 1.82) is 0 Å². The van der Waals surface area contributed by atoms with Gasteiger partial charge in [0.05, 0.1) is 12.7 Å². The minimum absolute atomic E-state index is 0.0246. The SMILES string of the molecule is COc1c(C(N)=O)cc(C(F)F)nc1Br. The van der Waals surface area contributed by atoms with E-state index in [2.05, 4.69) is 20.9 Å². The standard InChI is InChI=1S/C8H7BrF2N2O2/c1-15-5-3(8(12)14)2-4(7(10)11)13-6(5)9/h2,7H,1H3,(H2,12,14). The molecule has 0 atom stereocenters. The van der Waals surface area contributed by atoms with Gasteiger partial charge in [0.15, 0.2) is 5.75 Å². The quantitative estimate of drug-likeness (QED) is 0.860. The molecule has 15 heavy (non-hydrogen) atoms. The van der Waals surface area contributed by atoms with E-state index in [1.807, 2.05) is 0 Å². The molecule has 0 unspecified atom stereocenters. The third-order valence-electron chi connectivity index (χ3n) is 1.64. The van der Waals surface area contributed by atoms with Crippen LogP contribution in [0.1, 0.15) is 22.5 Å². The second-order valence-corrected chi connectivity index (χ2v) is 3.33. The number of methoxy groups -OCH3 is 1. The fraction of sp³-hybridized carbons (Fsp3) is 0.250. The lowest BCUT2D eigenvalue weighted by atomic mass is 10.2. The number of amides is 1. The first-order valence-corrected chi connectivity index (χ1v) is 4.59. The number of hydrogen-bond donors (Lipinski definition) is 1. The Morgan fingerprint density at radius 2 is 2.27 bits per heavy atom. The van der Waals surface area contributed by atoms with Crippen molar-refractivity contribution in [2.45, 2.75) is 6.43 Å². The van der Waals surface area contributed by atoms with Crippen molar-refractivity contribution in [3.63, 3.8) is 0 Å². The summed E-state index contributed by atoms with van der Waals surface area (Å²) in [6, 6.07) is 0.913. The Hall–Kier alpha value is -1.24. The summed E-state index contributed by atoms with van der Waals surface area (Å²) in [6.45, 7) is 0. The summed E-state index contributed by atoms with van der Waals surface area (Å²) in [5.41, 5.74) is 4.35. The molecule has 1 aromatic heterocycles. The van der Waals surface area contributed by atoms with Gasteiger partial charge in [-0.1, -0.05) is 0 Å². The number of primary amides is 1. The van der Waals surface area contributed by atoms with Crippen molar-refractivity contribution in [3.8, 4) is 5.75 Å². The van der Waals surface area contributed by atoms with Crippen molar-refractivity contribution < 1.29 is 18.3 Å². The number of ether oxygens (including phenoxy) is 1. The molecule has 0 fully saturated rings. The Labute approximate surface area is 92.6 Å². The molecule has 1 rings (SSSR count). The van der Waals surface area contributed by atoms with E-state index in [9.17, 15) is 13.6 Å². The molecular formula is C8H7BrF2N2O2. The van der Waals surface area contributed by atoms with E-state index in [0.29, 0.717) is 0 Å². The molecule has 1 aromatic rings. The molecule has 0 bridgehead atoms. The van der Waals surface area contributed by atoms with Crippen LogP contribution < -0.4 is 10.5 Å². The Morgan fingerprint density at radius 3 is 2.67 bits per heavy atom. The number of carbonyl (C=O) groups excluding carboxylic acids is 1. The van der Waals surface area contributed by atoms with Gasteiger partial charge in [0.2, 0.25) is 0 Å². The highest BCUT2D eigenvalue weighted by Gasteiger charge is 2.19. The number of halogens is 3. The minimum atomic E-state index is -2.77. The van der Waals surface area contributed by atoms with Gasteiger partial charge in [-0.25, -0.2) is 13.8 Å². The average molecular weight is 281 g/mol. The summed E-state index contributed by atoms with van der Waals surface area (Å²) in [5, 5.41) is 0. The van der Waals surface area contributed by atoms with Gasteiger partial charge in [0, 0.05) is 0 Å². The molecule has 0 aliphatic heterocycles. The summed E-state index contributed by atoms with van der Waals surface area (Å²) in [5.74, 6) is -0.802. The molecule has 0 saturated carbocycles.